The van der Waals surface area contributed by atoms with Crippen molar-refractivity contribution in [2.75, 3.05) is 19.1 Å². The van der Waals surface area contributed by atoms with Gasteiger partial charge in [-0.15, -0.1) is 0 Å². The summed E-state index contributed by atoms with van der Waals surface area (Å²) in [5.74, 6) is -0.237. The zero-order valence-corrected chi connectivity index (χ0v) is 11.4. The number of pyridine rings is 1. The maximum atomic E-state index is 11.8. The van der Waals surface area contributed by atoms with Crippen molar-refractivity contribution < 1.29 is 13.2 Å². The summed E-state index contributed by atoms with van der Waals surface area (Å²) >= 11 is 0. The van der Waals surface area contributed by atoms with Crippen LogP contribution in [0.15, 0.2) is 24.5 Å². The first-order valence-corrected chi connectivity index (χ1v) is 7.65. The van der Waals surface area contributed by atoms with Gasteiger partial charge in [-0.1, -0.05) is 6.07 Å². The van der Waals surface area contributed by atoms with Gasteiger partial charge in [-0.2, -0.15) is 4.31 Å². The number of aryl methyl sites for hydroxylation is 1. The fourth-order valence-electron chi connectivity index (χ4n) is 2.13. The average molecular weight is 281 g/mol. The minimum atomic E-state index is -3.31. The highest BCUT2D eigenvalue weighted by atomic mass is 32.2. The predicted molar refractivity (Wildman–Crippen MR) is 70.1 cm³/mol. The largest absolute Gasteiger partial charge is 0.363 e. The van der Waals surface area contributed by atoms with E-state index in [1.54, 1.807) is 0 Å². The summed E-state index contributed by atoms with van der Waals surface area (Å²) in [6, 6.07) is 3.91. The molecule has 6 nitrogen and oxygen atoms in total. The Morgan fingerprint density at radius 2 is 2.21 bits per heavy atom. The molecule has 1 saturated heterocycles. The topological polar surface area (TPSA) is 63.9 Å². The highest BCUT2D eigenvalue weighted by Gasteiger charge is 2.27. The lowest BCUT2D eigenvalue weighted by atomic mass is 10.3. The van der Waals surface area contributed by atoms with Gasteiger partial charge in [-0.3, -0.25) is 0 Å². The fourth-order valence-corrected chi connectivity index (χ4v) is 3.29. The van der Waals surface area contributed by atoms with Crippen molar-refractivity contribution >= 4 is 15.7 Å². The van der Waals surface area contributed by atoms with E-state index in [2.05, 4.69) is 4.98 Å². The molecule has 102 valence electrons. The number of sulfonamides is 1. The second-order valence-corrected chi connectivity index (χ2v) is 6.59. The van der Waals surface area contributed by atoms with Crippen molar-refractivity contribution in [1.82, 2.24) is 13.7 Å². The average Bonchev–Trinajstić information content (AvgIpc) is 2.73. The highest BCUT2D eigenvalue weighted by Crippen LogP contribution is 2.14. The van der Waals surface area contributed by atoms with Crippen LogP contribution in [0.5, 0.6) is 0 Å². The van der Waals surface area contributed by atoms with Crippen LogP contribution in [-0.2, 0) is 21.3 Å². The Balaban J connectivity index is 1.88. The van der Waals surface area contributed by atoms with Gasteiger partial charge in [0.2, 0.25) is 10.0 Å². The number of rotatable bonds is 2. The van der Waals surface area contributed by atoms with Gasteiger partial charge in [-0.25, -0.2) is 13.4 Å². The van der Waals surface area contributed by atoms with E-state index in [-0.39, 0.29) is 5.94 Å². The van der Waals surface area contributed by atoms with E-state index < -0.39 is 10.0 Å². The summed E-state index contributed by atoms with van der Waals surface area (Å²) in [5.41, 5.74) is 2.71. The second kappa shape index (κ2) is 4.59. The van der Waals surface area contributed by atoms with Crippen molar-refractivity contribution in [1.29, 1.82) is 0 Å². The zero-order chi connectivity index (χ0) is 13.5. The van der Waals surface area contributed by atoms with E-state index in [0.29, 0.717) is 19.7 Å². The Morgan fingerprint density at radius 1 is 1.37 bits per heavy atom. The number of aromatic nitrogens is 2. The van der Waals surface area contributed by atoms with Gasteiger partial charge in [0.1, 0.15) is 5.65 Å². The quantitative estimate of drug-likeness (QED) is 0.815. The molecule has 0 N–H and O–H groups in total. The van der Waals surface area contributed by atoms with E-state index in [9.17, 15) is 8.42 Å². The molecule has 0 saturated carbocycles. The van der Waals surface area contributed by atoms with Crippen molar-refractivity contribution in [3.8, 4) is 0 Å². The Bertz CT molecular complexity index is 708. The van der Waals surface area contributed by atoms with Crippen molar-refractivity contribution in [2.24, 2.45) is 0 Å². The van der Waals surface area contributed by atoms with E-state index in [1.165, 1.54) is 4.31 Å². The van der Waals surface area contributed by atoms with Crippen LogP contribution in [0.3, 0.4) is 0 Å². The van der Waals surface area contributed by atoms with Gasteiger partial charge < -0.3 is 9.14 Å². The molecule has 0 radical (unpaired) electrons. The Kier molecular flexibility index (Phi) is 3.04. The van der Waals surface area contributed by atoms with Crippen LogP contribution in [0.1, 0.15) is 11.3 Å². The molecule has 0 aromatic carbocycles. The third kappa shape index (κ3) is 2.49. The lowest BCUT2D eigenvalue weighted by Crippen LogP contribution is -2.40. The molecule has 19 heavy (non-hydrogen) atoms. The SMILES string of the molecule is Cc1ccc2nc(CN3CCOCS3(=O)=O)cn2c1. The van der Waals surface area contributed by atoms with E-state index >= 15 is 0 Å². The van der Waals surface area contributed by atoms with Crippen LogP contribution in [0.4, 0.5) is 0 Å². The molecule has 1 fully saturated rings. The molecular weight excluding hydrogens is 266 g/mol. The lowest BCUT2D eigenvalue weighted by molar-refractivity contribution is 0.130. The lowest BCUT2D eigenvalue weighted by Gasteiger charge is -2.25. The minimum absolute atomic E-state index is 0.237. The highest BCUT2D eigenvalue weighted by molar-refractivity contribution is 7.88. The summed E-state index contributed by atoms with van der Waals surface area (Å²) < 4.78 is 32.0. The van der Waals surface area contributed by atoms with Crippen molar-refractivity contribution in [2.45, 2.75) is 13.5 Å². The van der Waals surface area contributed by atoms with Crippen LogP contribution in [-0.4, -0.2) is 41.2 Å². The van der Waals surface area contributed by atoms with Crippen LogP contribution >= 0.6 is 0 Å². The molecule has 2 aromatic heterocycles. The van der Waals surface area contributed by atoms with Crippen LogP contribution < -0.4 is 0 Å². The van der Waals surface area contributed by atoms with Crippen molar-refractivity contribution in [3.63, 3.8) is 0 Å². The summed E-state index contributed by atoms with van der Waals surface area (Å²) in [6.07, 6.45) is 3.84. The van der Waals surface area contributed by atoms with Gasteiger partial charge in [-0.05, 0) is 18.6 Å². The first kappa shape index (κ1) is 12.6. The van der Waals surface area contributed by atoms with E-state index in [1.807, 2.05) is 35.9 Å². The molecule has 1 aliphatic rings. The van der Waals surface area contributed by atoms with Gasteiger partial charge in [0.05, 0.1) is 18.8 Å². The molecule has 0 bridgehead atoms. The van der Waals surface area contributed by atoms with Gasteiger partial charge in [0.15, 0.2) is 5.94 Å². The summed E-state index contributed by atoms with van der Waals surface area (Å²) in [4.78, 5) is 4.43. The fraction of sp³-hybridized carbons (Fsp3) is 0.417. The van der Waals surface area contributed by atoms with Crippen LogP contribution in [0.2, 0.25) is 0 Å². The number of hydrogen-bond donors (Lipinski definition) is 0. The standard InChI is InChI=1S/C12H15N3O3S/c1-10-2-3-12-13-11(7-14(12)6-10)8-15-4-5-18-9-19(15,16)17/h2-3,6-7H,4-5,8-9H2,1H3. The van der Waals surface area contributed by atoms with Gasteiger partial charge >= 0.3 is 0 Å². The molecule has 0 spiro atoms. The van der Waals surface area contributed by atoms with Crippen molar-refractivity contribution in [3.05, 3.63) is 35.8 Å². The third-order valence-corrected chi connectivity index (χ3v) is 4.66. The Hall–Kier alpha value is -1.44. The Labute approximate surface area is 111 Å². The van der Waals surface area contributed by atoms with E-state index in [4.69, 9.17) is 4.74 Å². The molecule has 0 amide bonds. The number of nitrogens with zero attached hydrogens (tertiary/aromatic N) is 3. The third-order valence-electron chi connectivity index (χ3n) is 3.10. The Morgan fingerprint density at radius 3 is 3.00 bits per heavy atom. The molecule has 7 heteroatoms. The number of fused-ring (bicyclic) bond motifs is 1. The summed E-state index contributed by atoms with van der Waals surface area (Å²) in [5, 5.41) is 0. The first-order chi connectivity index (χ1) is 9.04. The summed E-state index contributed by atoms with van der Waals surface area (Å²) in [7, 11) is -3.31. The van der Waals surface area contributed by atoms with E-state index in [0.717, 1.165) is 16.9 Å². The monoisotopic (exact) mass is 281 g/mol. The molecule has 0 unspecified atom stereocenters. The van der Waals surface area contributed by atoms with Gasteiger partial charge in [0.25, 0.3) is 0 Å². The van der Waals surface area contributed by atoms with Gasteiger partial charge in [0, 0.05) is 18.9 Å². The molecule has 0 aliphatic carbocycles. The van der Waals surface area contributed by atoms with Crippen LogP contribution in [0.25, 0.3) is 5.65 Å². The molecular formula is C12H15N3O3S. The second-order valence-electron chi connectivity index (χ2n) is 4.68. The maximum Gasteiger partial charge on any atom is 0.238 e. The molecule has 2 aromatic rings. The molecule has 3 heterocycles. The molecule has 3 rings (SSSR count). The number of hydrogen-bond acceptors (Lipinski definition) is 4. The smallest absolute Gasteiger partial charge is 0.238 e. The number of ether oxygens (including phenoxy) is 1. The molecule has 0 atom stereocenters. The minimum Gasteiger partial charge on any atom is -0.363 e. The normalized spacial score (nSPS) is 19.8. The summed E-state index contributed by atoms with van der Waals surface area (Å²) in [6.45, 7) is 3.12. The number of imidazole rings is 1. The zero-order valence-electron chi connectivity index (χ0n) is 10.6. The maximum absolute atomic E-state index is 11.8. The predicted octanol–water partition coefficient (Wildman–Crippen LogP) is 0.762. The first-order valence-electron chi connectivity index (χ1n) is 6.04. The molecule has 1 aliphatic heterocycles. The van der Waals surface area contributed by atoms with Crippen LogP contribution in [0, 0.1) is 6.92 Å².